The lowest BCUT2D eigenvalue weighted by molar-refractivity contribution is -0.0627. The molecular weight excluding hydrogens is 154 g/mol. The molecule has 0 saturated heterocycles. The van der Waals surface area contributed by atoms with Crippen LogP contribution in [0.2, 0.25) is 0 Å². The molecule has 0 radical (unpaired) electrons. The van der Waals surface area contributed by atoms with Gasteiger partial charge in [-0.3, -0.25) is 0 Å². The second-order valence-electron chi connectivity index (χ2n) is 3.59. The van der Waals surface area contributed by atoms with Crippen LogP contribution in [-0.2, 0) is 4.74 Å². The molecule has 0 heterocycles. The molecule has 0 spiro atoms. The SMILES string of the molecule is CCC(O)COC1CC(CN)C1. The van der Waals surface area contributed by atoms with E-state index in [1.807, 2.05) is 6.92 Å². The number of rotatable bonds is 5. The highest BCUT2D eigenvalue weighted by molar-refractivity contribution is 4.80. The van der Waals surface area contributed by atoms with Crippen molar-refractivity contribution in [1.29, 1.82) is 0 Å². The van der Waals surface area contributed by atoms with Gasteiger partial charge in [-0.1, -0.05) is 6.92 Å². The summed E-state index contributed by atoms with van der Waals surface area (Å²) in [7, 11) is 0. The van der Waals surface area contributed by atoms with E-state index in [1.165, 1.54) is 0 Å². The summed E-state index contributed by atoms with van der Waals surface area (Å²) in [5.74, 6) is 0.661. The number of aliphatic hydroxyl groups excluding tert-OH is 1. The Kier molecular flexibility index (Phi) is 3.98. The van der Waals surface area contributed by atoms with Crippen molar-refractivity contribution in [2.45, 2.75) is 38.4 Å². The van der Waals surface area contributed by atoms with Gasteiger partial charge in [-0.25, -0.2) is 0 Å². The molecule has 3 heteroatoms. The molecule has 1 atom stereocenters. The zero-order valence-electron chi connectivity index (χ0n) is 7.70. The predicted molar refractivity (Wildman–Crippen MR) is 47.8 cm³/mol. The van der Waals surface area contributed by atoms with E-state index < -0.39 is 0 Å². The minimum atomic E-state index is -0.290. The Morgan fingerprint density at radius 2 is 2.25 bits per heavy atom. The molecule has 1 unspecified atom stereocenters. The molecule has 0 bridgehead atoms. The van der Waals surface area contributed by atoms with Crippen molar-refractivity contribution in [3.05, 3.63) is 0 Å². The van der Waals surface area contributed by atoms with Crippen LogP contribution in [0.3, 0.4) is 0 Å². The Morgan fingerprint density at radius 1 is 1.58 bits per heavy atom. The maximum atomic E-state index is 9.20. The lowest BCUT2D eigenvalue weighted by Crippen LogP contribution is -2.37. The van der Waals surface area contributed by atoms with Crippen LogP contribution in [-0.4, -0.2) is 30.5 Å². The molecule has 3 N–H and O–H groups in total. The number of hydrogen-bond acceptors (Lipinski definition) is 3. The minimum absolute atomic E-state index is 0.290. The number of ether oxygens (including phenoxy) is 1. The number of hydrogen-bond donors (Lipinski definition) is 2. The van der Waals surface area contributed by atoms with E-state index in [-0.39, 0.29) is 6.10 Å². The van der Waals surface area contributed by atoms with Gasteiger partial charge in [0, 0.05) is 0 Å². The van der Waals surface area contributed by atoms with Gasteiger partial charge in [-0.05, 0) is 31.7 Å². The summed E-state index contributed by atoms with van der Waals surface area (Å²) >= 11 is 0. The Bertz CT molecular complexity index is 124. The highest BCUT2D eigenvalue weighted by Gasteiger charge is 2.28. The Labute approximate surface area is 73.9 Å². The highest BCUT2D eigenvalue weighted by atomic mass is 16.5. The van der Waals surface area contributed by atoms with E-state index in [0.29, 0.717) is 18.6 Å². The average molecular weight is 173 g/mol. The molecule has 1 aliphatic carbocycles. The second-order valence-corrected chi connectivity index (χ2v) is 3.59. The molecular formula is C9H19NO2. The first-order valence-corrected chi connectivity index (χ1v) is 4.76. The molecule has 0 aliphatic heterocycles. The van der Waals surface area contributed by atoms with Crippen LogP contribution in [0.5, 0.6) is 0 Å². The standard InChI is InChI=1S/C9H19NO2/c1-2-8(11)6-12-9-3-7(4-9)5-10/h7-9,11H,2-6,10H2,1H3. The van der Waals surface area contributed by atoms with Gasteiger partial charge in [0.05, 0.1) is 18.8 Å². The van der Waals surface area contributed by atoms with Crippen molar-refractivity contribution >= 4 is 0 Å². The summed E-state index contributed by atoms with van der Waals surface area (Å²) < 4.78 is 5.46. The van der Waals surface area contributed by atoms with E-state index in [1.54, 1.807) is 0 Å². The lowest BCUT2D eigenvalue weighted by atomic mass is 9.82. The normalized spacial score (nSPS) is 31.2. The monoisotopic (exact) mass is 173 g/mol. The van der Waals surface area contributed by atoms with Crippen LogP contribution in [0.4, 0.5) is 0 Å². The zero-order valence-corrected chi connectivity index (χ0v) is 7.70. The molecule has 1 rings (SSSR count). The number of nitrogens with two attached hydrogens (primary N) is 1. The van der Waals surface area contributed by atoms with Crippen LogP contribution < -0.4 is 5.73 Å². The summed E-state index contributed by atoms with van der Waals surface area (Å²) in [6.07, 6.45) is 2.99. The van der Waals surface area contributed by atoms with Crippen LogP contribution in [0.15, 0.2) is 0 Å². The minimum Gasteiger partial charge on any atom is -0.391 e. The van der Waals surface area contributed by atoms with E-state index in [9.17, 15) is 5.11 Å². The summed E-state index contributed by atoms with van der Waals surface area (Å²) in [4.78, 5) is 0. The molecule has 1 fully saturated rings. The van der Waals surface area contributed by atoms with Crippen molar-refractivity contribution < 1.29 is 9.84 Å². The first-order chi connectivity index (χ1) is 5.76. The number of aliphatic hydroxyl groups is 1. The average Bonchev–Trinajstić information content (AvgIpc) is 2.01. The van der Waals surface area contributed by atoms with Gasteiger partial charge in [0.1, 0.15) is 0 Å². The largest absolute Gasteiger partial charge is 0.391 e. The maximum Gasteiger partial charge on any atom is 0.0771 e. The van der Waals surface area contributed by atoms with Crippen molar-refractivity contribution in [2.24, 2.45) is 11.7 Å². The summed E-state index contributed by atoms with van der Waals surface area (Å²) in [6, 6.07) is 0. The fourth-order valence-electron chi connectivity index (χ4n) is 1.37. The summed E-state index contributed by atoms with van der Waals surface area (Å²) in [5, 5.41) is 9.20. The van der Waals surface area contributed by atoms with E-state index in [2.05, 4.69) is 0 Å². The van der Waals surface area contributed by atoms with Gasteiger partial charge >= 0.3 is 0 Å². The Hall–Kier alpha value is -0.120. The van der Waals surface area contributed by atoms with Crippen LogP contribution >= 0.6 is 0 Å². The zero-order chi connectivity index (χ0) is 8.97. The molecule has 0 aromatic rings. The van der Waals surface area contributed by atoms with Gasteiger partial charge in [0.25, 0.3) is 0 Å². The van der Waals surface area contributed by atoms with Crippen LogP contribution in [0, 0.1) is 5.92 Å². The quantitative estimate of drug-likeness (QED) is 0.637. The maximum absolute atomic E-state index is 9.20. The van der Waals surface area contributed by atoms with Gasteiger partial charge in [-0.15, -0.1) is 0 Å². The molecule has 72 valence electrons. The first-order valence-electron chi connectivity index (χ1n) is 4.76. The van der Waals surface area contributed by atoms with Gasteiger partial charge in [-0.2, -0.15) is 0 Å². The lowest BCUT2D eigenvalue weighted by Gasteiger charge is -2.34. The summed E-state index contributed by atoms with van der Waals surface area (Å²) in [6.45, 7) is 3.21. The van der Waals surface area contributed by atoms with Crippen molar-refractivity contribution in [3.63, 3.8) is 0 Å². The topological polar surface area (TPSA) is 55.5 Å². The molecule has 0 aromatic heterocycles. The predicted octanol–water partition coefficient (Wildman–Crippen LogP) is 0.511. The van der Waals surface area contributed by atoms with Crippen LogP contribution in [0.1, 0.15) is 26.2 Å². The smallest absolute Gasteiger partial charge is 0.0771 e. The second kappa shape index (κ2) is 4.80. The first kappa shape index (κ1) is 9.96. The van der Waals surface area contributed by atoms with E-state index in [4.69, 9.17) is 10.5 Å². The Morgan fingerprint density at radius 3 is 2.75 bits per heavy atom. The third-order valence-electron chi connectivity index (χ3n) is 2.52. The van der Waals surface area contributed by atoms with Crippen molar-refractivity contribution in [1.82, 2.24) is 0 Å². The molecule has 0 aromatic carbocycles. The summed E-state index contributed by atoms with van der Waals surface area (Å²) in [5.41, 5.74) is 5.47. The van der Waals surface area contributed by atoms with E-state index in [0.717, 1.165) is 25.8 Å². The molecule has 12 heavy (non-hydrogen) atoms. The third-order valence-corrected chi connectivity index (χ3v) is 2.52. The molecule has 1 saturated carbocycles. The molecule has 1 aliphatic rings. The van der Waals surface area contributed by atoms with Gasteiger partial charge in [0.2, 0.25) is 0 Å². The van der Waals surface area contributed by atoms with Gasteiger partial charge < -0.3 is 15.6 Å². The third kappa shape index (κ3) is 2.73. The van der Waals surface area contributed by atoms with Gasteiger partial charge in [0.15, 0.2) is 0 Å². The molecule has 0 amide bonds. The molecule has 3 nitrogen and oxygen atoms in total. The van der Waals surface area contributed by atoms with Crippen LogP contribution in [0.25, 0.3) is 0 Å². The fraction of sp³-hybridized carbons (Fsp3) is 1.00. The Balaban J connectivity index is 1.96. The van der Waals surface area contributed by atoms with Crippen molar-refractivity contribution in [3.8, 4) is 0 Å². The fourth-order valence-corrected chi connectivity index (χ4v) is 1.37. The van der Waals surface area contributed by atoms with Crippen molar-refractivity contribution in [2.75, 3.05) is 13.2 Å². The van der Waals surface area contributed by atoms with E-state index >= 15 is 0 Å². The highest BCUT2D eigenvalue weighted by Crippen LogP contribution is 2.28.